The van der Waals surface area contributed by atoms with Crippen molar-refractivity contribution in [1.29, 1.82) is 0 Å². The molecule has 2 aromatic carbocycles. The molecule has 0 bridgehead atoms. The first-order chi connectivity index (χ1) is 9.16. The van der Waals surface area contributed by atoms with E-state index in [1.54, 1.807) is 24.3 Å². The zero-order valence-corrected chi connectivity index (χ0v) is 11.0. The fourth-order valence-electron chi connectivity index (χ4n) is 1.55. The summed E-state index contributed by atoms with van der Waals surface area (Å²) in [6.45, 7) is 0. The molecule has 19 heavy (non-hydrogen) atoms. The molecule has 0 aliphatic rings. The van der Waals surface area contributed by atoms with E-state index in [1.165, 1.54) is 6.21 Å². The molecule has 0 aliphatic heterocycles. The van der Waals surface area contributed by atoms with Gasteiger partial charge < -0.3 is 0 Å². The summed E-state index contributed by atoms with van der Waals surface area (Å²) in [6.07, 6.45) is 1.47. The Labute approximate surface area is 112 Å². The Balaban J connectivity index is 1.97. The normalized spacial score (nSPS) is 11.6. The largest absolute Gasteiger partial charge is 0.251 e. The monoisotopic (exact) mass is 274 g/mol. The van der Waals surface area contributed by atoms with Gasteiger partial charge in [-0.3, -0.25) is 0 Å². The molecule has 2 aromatic rings. The van der Waals surface area contributed by atoms with E-state index >= 15 is 0 Å². The second-order valence-corrected chi connectivity index (χ2v) is 5.71. The van der Waals surface area contributed by atoms with Crippen LogP contribution in [0.2, 0.25) is 0 Å². The molecule has 2 rings (SSSR count). The molecular formula is C14H14N2O2S. The molecule has 0 radical (unpaired) electrons. The van der Waals surface area contributed by atoms with E-state index in [4.69, 9.17) is 0 Å². The number of rotatable bonds is 5. The lowest BCUT2D eigenvalue weighted by Crippen LogP contribution is -2.20. The molecule has 0 aromatic heterocycles. The van der Waals surface area contributed by atoms with Gasteiger partial charge in [-0.05, 0) is 11.1 Å². The minimum absolute atomic E-state index is 0.0834. The van der Waals surface area contributed by atoms with E-state index in [-0.39, 0.29) is 5.75 Å². The van der Waals surface area contributed by atoms with Gasteiger partial charge in [0.15, 0.2) is 0 Å². The van der Waals surface area contributed by atoms with Crippen molar-refractivity contribution in [3.8, 4) is 0 Å². The number of hydrogen-bond donors (Lipinski definition) is 1. The lowest BCUT2D eigenvalue weighted by atomic mass is 10.2. The van der Waals surface area contributed by atoms with Gasteiger partial charge in [0.1, 0.15) is 0 Å². The fraction of sp³-hybridized carbons (Fsp3) is 0.0714. The summed E-state index contributed by atoms with van der Waals surface area (Å²) in [5, 5.41) is 3.75. The summed E-state index contributed by atoms with van der Waals surface area (Å²) < 4.78 is 23.5. The minimum atomic E-state index is -3.45. The van der Waals surface area contributed by atoms with Gasteiger partial charge in [0.2, 0.25) is 0 Å². The highest BCUT2D eigenvalue weighted by atomic mass is 32.2. The summed E-state index contributed by atoms with van der Waals surface area (Å²) in [6, 6.07) is 18.3. The highest BCUT2D eigenvalue weighted by Gasteiger charge is 2.09. The highest BCUT2D eigenvalue weighted by molar-refractivity contribution is 7.88. The second-order valence-electron chi connectivity index (χ2n) is 4.00. The second kappa shape index (κ2) is 6.15. The quantitative estimate of drug-likeness (QED) is 0.671. The predicted molar refractivity (Wildman–Crippen MR) is 76.2 cm³/mol. The van der Waals surface area contributed by atoms with Crippen LogP contribution < -0.4 is 4.83 Å². The third-order valence-corrected chi connectivity index (χ3v) is 3.50. The van der Waals surface area contributed by atoms with Gasteiger partial charge in [-0.15, -0.1) is 0 Å². The van der Waals surface area contributed by atoms with Crippen LogP contribution in [0.15, 0.2) is 65.8 Å². The predicted octanol–water partition coefficient (Wildman–Crippen LogP) is 2.14. The average Bonchev–Trinajstić information content (AvgIpc) is 2.40. The van der Waals surface area contributed by atoms with E-state index in [0.29, 0.717) is 0 Å². The molecule has 98 valence electrons. The van der Waals surface area contributed by atoms with Crippen LogP contribution >= 0.6 is 0 Å². The smallest absolute Gasteiger partial charge is 0.205 e. The molecule has 0 saturated carbocycles. The Morgan fingerprint density at radius 3 is 2.16 bits per heavy atom. The maximum atomic E-state index is 11.8. The van der Waals surface area contributed by atoms with Gasteiger partial charge in [0.25, 0.3) is 10.0 Å². The van der Waals surface area contributed by atoms with Gasteiger partial charge in [-0.25, -0.2) is 13.2 Å². The van der Waals surface area contributed by atoms with Gasteiger partial charge in [0.05, 0.1) is 12.0 Å². The molecule has 0 heterocycles. The van der Waals surface area contributed by atoms with Crippen molar-refractivity contribution in [2.24, 2.45) is 5.10 Å². The fourth-order valence-corrected chi connectivity index (χ4v) is 2.46. The Morgan fingerprint density at radius 2 is 1.53 bits per heavy atom. The Kier molecular flexibility index (Phi) is 4.30. The Hall–Kier alpha value is -2.14. The molecular weight excluding hydrogens is 260 g/mol. The van der Waals surface area contributed by atoms with Crippen LogP contribution in [0.3, 0.4) is 0 Å². The average molecular weight is 274 g/mol. The van der Waals surface area contributed by atoms with E-state index in [1.807, 2.05) is 36.4 Å². The SMILES string of the molecule is O=S(=O)(Cc1ccccc1)N/N=C/c1ccccc1. The Morgan fingerprint density at radius 1 is 0.947 bits per heavy atom. The van der Waals surface area contributed by atoms with Crippen LogP contribution in [-0.4, -0.2) is 14.6 Å². The number of nitrogens with zero attached hydrogens (tertiary/aromatic N) is 1. The zero-order chi connectivity index (χ0) is 13.6. The first kappa shape index (κ1) is 13.3. The van der Waals surface area contributed by atoms with Gasteiger partial charge in [-0.2, -0.15) is 5.10 Å². The van der Waals surface area contributed by atoms with Crippen LogP contribution in [-0.2, 0) is 15.8 Å². The molecule has 5 heteroatoms. The molecule has 0 aliphatic carbocycles. The summed E-state index contributed by atoms with van der Waals surface area (Å²) in [5.41, 5.74) is 1.56. The third kappa shape index (κ3) is 4.56. The molecule has 0 atom stereocenters. The molecule has 0 fully saturated rings. The first-order valence-corrected chi connectivity index (χ1v) is 7.42. The standard InChI is InChI=1S/C14H14N2O2S/c17-19(18,12-14-9-5-2-6-10-14)16-15-11-13-7-3-1-4-8-13/h1-11,16H,12H2/b15-11+. The van der Waals surface area contributed by atoms with Crippen molar-refractivity contribution in [2.45, 2.75) is 5.75 Å². The van der Waals surface area contributed by atoms with Crippen LogP contribution in [0.5, 0.6) is 0 Å². The van der Waals surface area contributed by atoms with Crippen LogP contribution in [0.4, 0.5) is 0 Å². The molecule has 1 N–H and O–H groups in total. The van der Waals surface area contributed by atoms with Crippen LogP contribution in [0, 0.1) is 0 Å². The number of hydrazone groups is 1. The molecule has 0 spiro atoms. The highest BCUT2D eigenvalue weighted by Crippen LogP contribution is 2.03. The number of sulfonamides is 1. The molecule has 0 amide bonds. The van der Waals surface area contributed by atoms with Gasteiger partial charge >= 0.3 is 0 Å². The molecule has 0 saturated heterocycles. The van der Waals surface area contributed by atoms with Crippen molar-refractivity contribution >= 4 is 16.2 Å². The number of nitrogens with one attached hydrogen (secondary N) is 1. The van der Waals surface area contributed by atoms with Crippen LogP contribution in [0.25, 0.3) is 0 Å². The van der Waals surface area contributed by atoms with Crippen molar-refractivity contribution in [3.05, 3.63) is 71.8 Å². The van der Waals surface area contributed by atoms with Crippen molar-refractivity contribution in [1.82, 2.24) is 4.83 Å². The van der Waals surface area contributed by atoms with Crippen molar-refractivity contribution in [2.75, 3.05) is 0 Å². The summed E-state index contributed by atoms with van der Waals surface area (Å²) in [7, 11) is -3.45. The van der Waals surface area contributed by atoms with E-state index in [9.17, 15) is 8.42 Å². The van der Waals surface area contributed by atoms with Gasteiger partial charge in [0, 0.05) is 0 Å². The Bertz CT molecular complexity index is 638. The summed E-state index contributed by atoms with van der Waals surface area (Å²) in [4.78, 5) is 2.20. The lowest BCUT2D eigenvalue weighted by molar-refractivity contribution is 0.584. The van der Waals surface area contributed by atoms with Gasteiger partial charge in [-0.1, -0.05) is 60.7 Å². The van der Waals surface area contributed by atoms with E-state index in [2.05, 4.69) is 9.93 Å². The zero-order valence-electron chi connectivity index (χ0n) is 10.2. The first-order valence-electron chi connectivity index (χ1n) is 5.77. The minimum Gasteiger partial charge on any atom is -0.205 e. The van der Waals surface area contributed by atoms with E-state index in [0.717, 1.165) is 11.1 Å². The molecule has 4 nitrogen and oxygen atoms in total. The van der Waals surface area contributed by atoms with Crippen molar-refractivity contribution < 1.29 is 8.42 Å². The maximum absolute atomic E-state index is 11.8. The molecule has 0 unspecified atom stereocenters. The summed E-state index contributed by atoms with van der Waals surface area (Å²) in [5.74, 6) is -0.0834. The number of benzene rings is 2. The number of hydrogen-bond acceptors (Lipinski definition) is 3. The van der Waals surface area contributed by atoms with Crippen LogP contribution in [0.1, 0.15) is 11.1 Å². The topological polar surface area (TPSA) is 58.5 Å². The lowest BCUT2D eigenvalue weighted by Gasteiger charge is -2.03. The maximum Gasteiger partial charge on any atom is 0.251 e. The third-order valence-electron chi connectivity index (χ3n) is 2.40. The summed E-state index contributed by atoms with van der Waals surface area (Å²) >= 11 is 0. The van der Waals surface area contributed by atoms with Crippen molar-refractivity contribution in [3.63, 3.8) is 0 Å². The van der Waals surface area contributed by atoms with E-state index < -0.39 is 10.0 Å².